The summed E-state index contributed by atoms with van der Waals surface area (Å²) in [6.07, 6.45) is 9.48. The number of carbonyl (C=O) groups is 1. The van der Waals surface area contributed by atoms with E-state index in [0.29, 0.717) is 19.0 Å². The minimum atomic E-state index is -0.386. The van der Waals surface area contributed by atoms with Crippen LogP contribution in [0.4, 0.5) is 0 Å². The molecule has 0 radical (unpaired) electrons. The summed E-state index contributed by atoms with van der Waals surface area (Å²) >= 11 is 0. The molecule has 2 aliphatic heterocycles. The number of pyridine rings is 1. The summed E-state index contributed by atoms with van der Waals surface area (Å²) in [5, 5.41) is 3.70. The van der Waals surface area contributed by atoms with Crippen LogP contribution in [0.25, 0.3) is 0 Å². The Labute approximate surface area is 214 Å². The van der Waals surface area contributed by atoms with Crippen LogP contribution in [0.1, 0.15) is 81.0 Å². The highest BCUT2D eigenvalue weighted by Crippen LogP contribution is 2.44. The van der Waals surface area contributed by atoms with Gasteiger partial charge < -0.3 is 19.1 Å². The quantitative estimate of drug-likeness (QED) is 0.565. The third-order valence-corrected chi connectivity index (χ3v) is 8.41. The predicted octanol–water partition coefficient (Wildman–Crippen LogP) is 4.89. The third-order valence-electron chi connectivity index (χ3n) is 8.41. The molecule has 2 saturated heterocycles. The first-order valence-corrected chi connectivity index (χ1v) is 13.4. The number of ether oxygens (including phenoxy) is 3. The van der Waals surface area contributed by atoms with Gasteiger partial charge in [-0.2, -0.15) is 0 Å². The Hall–Kier alpha value is -2.64. The second kappa shape index (κ2) is 10.8. The van der Waals surface area contributed by atoms with Crippen LogP contribution in [-0.2, 0) is 21.5 Å². The van der Waals surface area contributed by atoms with E-state index in [4.69, 9.17) is 14.2 Å². The van der Waals surface area contributed by atoms with Gasteiger partial charge in [0, 0.05) is 30.5 Å². The monoisotopic (exact) mass is 493 g/mol. The van der Waals surface area contributed by atoms with Gasteiger partial charge in [-0.25, -0.2) is 4.98 Å². The molecule has 7 heteroatoms. The lowest BCUT2D eigenvalue weighted by molar-refractivity contribution is -0.150. The molecule has 194 valence electrons. The highest BCUT2D eigenvalue weighted by molar-refractivity contribution is 5.82. The highest BCUT2D eigenvalue weighted by atomic mass is 16.5. The number of hydrogen-bond acceptors (Lipinski definition) is 6. The van der Waals surface area contributed by atoms with Crippen molar-refractivity contribution < 1.29 is 19.0 Å². The van der Waals surface area contributed by atoms with Crippen molar-refractivity contribution in [3.8, 4) is 11.6 Å². The van der Waals surface area contributed by atoms with Gasteiger partial charge in [0.1, 0.15) is 11.9 Å². The maximum atomic E-state index is 13.8. The minimum absolute atomic E-state index is 0.0586. The third kappa shape index (κ3) is 4.83. The molecule has 7 nitrogen and oxygen atoms in total. The molecule has 0 spiro atoms. The number of amides is 1. The zero-order chi connectivity index (χ0) is 25.1. The number of hydrogen-bond donors (Lipinski definition) is 1. The van der Waals surface area contributed by atoms with E-state index in [1.807, 2.05) is 17.0 Å². The lowest BCUT2D eigenvalue weighted by atomic mass is 9.66. The van der Waals surface area contributed by atoms with Crippen LogP contribution in [-0.4, -0.2) is 48.9 Å². The van der Waals surface area contributed by atoms with E-state index >= 15 is 0 Å². The van der Waals surface area contributed by atoms with E-state index in [9.17, 15) is 4.79 Å². The zero-order valence-corrected chi connectivity index (χ0v) is 21.8. The molecule has 1 N–H and O–H groups in total. The van der Waals surface area contributed by atoms with Crippen LogP contribution in [0.5, 0.6) is 11.6 Å². The largest absolute Gasteiger partial charge is 0.496 e. The molecule has 3 aliphatic rings. The van der Waals surface area contributed by atoms with E-state index in [1.54, 1.807) is 20.4 Å². The van der Waals surface area contributed by atoms with Crippen LogP contribution in [0.2, 0.25) is 0 Å². The standard InChI is InChI=1S/C29H39N3O4/c1-29(14-7-15-29)21-10-12-24(34-2)20(18-21)19-31-26-13-11-23(22-8-6-16-30-27(22)35-3)32(26)28(33)25-9-4-5-17-36-25/h6,8,10,12,16,18,23,25-26,31H,4-5,7,9,11,13-15,17,19H2,1-3H3/t23?,25-,26?/m1/s1. The number of benzene rings is 1. The first kappa shape index (κ1) is 25.0. The number of nitrogens with one attached hydrogen (secondary N) is 1. The van der Waals surface area contributed by atoms with Crippen LogP contribution in [0.15, 0.2) is 36.5 Å². The summed E-state index contributed by atoms with van der Waals surface area (Å²) in [6, 6.07) is 10.4. The summed E-state index contributed by atoms with van der Waals surface area (Å²) in [5.74, 6) is 1.52. The Morgan fingerprint density at radius 1 is 1.14 bits per heavy atom. The number of rotatable bonds is 8. The van der Waals surface area contributed by atoms with Crippen LogP contribution in [0, 0.1) is 0 Å². The van der Waals surface area contributed by atoms with Crippen LogP contribution in [0.3, 0.4) is 0 Å². The molecule has 0 bridgehead atoms. The molecule has 3 fully saturated rings. The molecule has 2 aromatic rings. The minimum Gasteiger partial charge on any atom is -0.496 e. The second-order valence-corrected chi connectivity index (χ2v) is 10.6. The predicted molar refractivity (Wildman–Crippen MR) is 138 cm³/mol. The van der Waals surface area contributed by atoms with Crippen molar-refractivity contribution in [3.63, 3.8) is 0 Å². The smallest absolute Gasteiger partial charge is 0.253 e. The van der Waals surface area contributed by atoms with Crippen molar-refractivity contribution in [1.82, 2.24) is 15.2 Å². The van der Waals surface area contributed by atoms with Gasteiger partial charge in [-0.1, -0.05) is 31.5 Å². The van der Waals surface area contributed by atoms with Crippen molar-refractivity contribution in [3.05, 3.63) is 53.2 Å². The van der Waals surface area contributed by atoms with Crippen molar-refractivity contribution >= 4 is 5.91 Å². The summed E-state index contributed by atoms with van der Waals surface area (Å²) in [6.45, 7) is 3.62. The van der Waals surface area contributed by atoms with Crippen molar-refractivity contribution in [2.45, 2.75) is 88.6 Å². The number of likely N-dealkylation sites (tertiary alicyclic amines) is 1. The van der Waals surface area contributed by atoms with Gasteiger partial charge in [-0.3, -0.25) is 10.1 Å². The average molecular weight is 494 g/mol. The number of methoxy groups -OCH3 is 2. The maximum Gasteiger partial charge on any atom is 0.253 e. The Bertz CT molecular complexity index is 1060. The van der Waals surface area contributed by atoms with E-state index in [0.717, 1.165) is 49.0 Å². The van der Waals surface area contributed by atoms with Crippen LogP contribution >= 0.6 is 0 Å². The fourth-order valence-electron chi connectivity index (χ4n) is 6.07. The number of aromatic nitrogens is 1. The van der Waals surface area contributed by atoms with Crippen molar-refractivity contribution in [2.75, 3.05) is 20.8 Å². The fourth-order valence-corrected chi connectivity index (χ4v) is 6.07. The maximum absolute atomic E-state index is 13.8. The number of nitrogens with zero attached hydrogens (tertiary/aromatic N) is 2. The SMILES string of the molecule is COc1ccc(C2(C)CCC2)cc1CNC1CCC(c2cccnc2OC)N1C(=O)[C@H]1CCCCO1. The van der Waals surface area contributed by atoms with Gasteiger partial charge in [0.2, 0.25) is 5.88 Å². The first-order chi connectivity index (χ1) is 17.5. The van der Waals surface area contributed by atoms with Gasteiger partial charge in [0.25, 0.3) is 5.91 Å². The Morgan fingerprint density at radius 3 is 2.69 bits per heavy atom. The van der Waals surface area contributed by atoms with Gasteiger partial charge >= 0.3 is 0 Å². The van der Waals surface area contributed by atoms with Crippen molar-refractivity contribution in [2.24, 2.45) is 0 Å². The van der Waals surface area contributed by atoms with Crippen molar-refractivity contribution in [1.29, 1.82) is 0 Å². The summed E-state index contributed by atoms with van der Waals surface area (Å²) in [4.78, 5) is 20.2. The Balaban J connectivity index is 1.40. The molecule has 3 atom stereocenters. The molecule has 1 amide bonds. The van der Waals surface area contributed by atoms with Gasteiger partial charge in [0.05, 0.1) is 26.4 Å². The molecule has 1 aromatic carbocycles. The molecule has 1 aromatic heterocycles. The van der Waals surface area contributed by atoms with Gasteiger partial charge in [0.15, 0.2) is 0 Å². The van der Waals surface area contributed by atoms with E-state index in [2.05, 4.69) is 35.4 Å². The zero-order valence-electron chi connectivity index (χ0n) is 21.8. The fraction of sp³-hybridized carbons (Fsp3) is 0.586. The Kier molecular flexibility index (Phi) is 7.49. The molecule has 2 unspecified atom stereocenters. The lowest BCUT2D eigenvalue weighted by Crippen LogP contribution is -2.50. The molecular formula is C29H39N3O4. The Morgan fingerprint density at radius 2 is 2.00 bits per heavy atom. The average Bonchev–Trinajstić information content (AvgIpc) is 3.34. The lowest BCUT2D eigenvalue weighted by Gasteiger charge is -2.39. The van der Waals surface area contributed by atoms with E-state index < -0.39 is 0 Å². The molecule has 1 saturated carbocycles. The molecular weight excluding hydrogens is 454 g/mol. The summed E-state index contributed by atoms with van der Waals surface area (Å²) in [5.41, 5.74) is 3.72. The summed E-state index contributed by atoms with van der Waals surface area (Å²) in [7, 11) is 3.36. The highest BCUT2D eigenvalue weighted by Gasteiger charge is 2.42. The van der Waals surface area contributed by atoms with E-state index in [-0.39, 0.29) is 29.6 Å². The van der Waals surface area contributed by atoms with E-state index in [1.165, 1.54) is 24.8 Å². The summed E-state index contributed by atoms with van der Waals surface area (Å²) < 4.78 is 17.2. The number of carbonyl (C=O) groups excluding carboxylic acids is 1. The molecule has 1 aliphatic carbocycles. The normalized spacial score (nSPS) is 25.3. The molecule has 36 heavy (non-hydrogen) atoms. The molecule has 5 rings (SSSR count). The van der Waals surface area contributed by atoms with Crippen LogP contribution < -0.4 is 14.8 Å². The first-order valence-electron chi connectivity index (χ1n) is 13.4. The van der Waals surface area contributed by atoms with Gasteiger partial charge in [-0.05, 0) is 68.1 Å². The van der Waals surface area contributed by atoms with Gasteiger partial charge in [-0.15, -0.1) is 0 Å². The topological polar surface area (TPSA) is 72.9 Å². The second-order valence-electron chi connectivity index (χ2n) is 10.6. The molecule has 3 heterocycles.